The van der Waals surface area contributed by atoms with E-state index in [4.69, 9.17) is 0 Å². The van der Waals surface area contributed by atoms with E-state index >= 15 is 0 Å². The second-order valence-electron chi connectivity index (χ2n) is 6.47. The smallest absolute Gasteiger partial charge is 0.261 e. The molecule has 8 heteroatoms. The minimum Gasteiger partial charge on any atom is -0.349 e. The number of aromatic nitrogens is 5. The fraction of sp³-hybridized carbons (Fsp3) is 0.222. The molecular formula is C18H19N6OS+. The Morgan fingerprint density at radius 2 is 2.15 bits per heavy atom. The van der Waals surface area contributed by atoms with Crippen molar-refractivity contribution in [1.82, 2.24) is 25.0 Å². The van der Waals surface area contributed by atoms with Crippen LogP contribution in [0, 0.1) is 0 Å². The minimum atomic E-state index is -0.0525. The number of amides is 1. The average molecular weight is 367 g/mol. The van der Waals surface area contributed by atoms with Crippen LogP contribution in [0.15, 0.2) is 42.4 Å². The number of rotatable bonds is 4. The Kier molecular flexibility index (Phi) is 4.04. The van der Waals surface area contributed by atoms with Crippen molar-refractivity contribution in [3.8, 4) is 22.3 Å². The van der Waals surface area contributed by atoms with Gasteiger partial charge in [-0.3, -0.25) is 4.79 Å². The van der Waals surface area contributed by atoms with Crippen LogP contribution < -0.4 is 10.00 Å². The maximum atomic E-state index is 12.2. The lowest BCUT2D eigenvalue weighted by molar-refractivity contribution is -0.726. The Hall–Kier alpha value is -3.00. The number of fused-ring (bicyclic) bond motifs is 1. The number of H-pyrrole nitrogens is 1. The van der Waals surface area contributed by atoms with E-state index in [0.717, 1.165) is 27.9 Å². The molecule has 4 rings (SSSR count). The van der Waals surface area contributed by atoms with Gasteiger partial charge in [-0.2, -0.15) is 10.2 Å². The molecule has 0 saturated heterocycles. The zero-order valence-corrected chi connectivity index (χ0v) is 15.5. The number of hydrogen-bond donors (Lipinski definition) is 2. The summed E-state index contributed by atoms with van der Waals surface area (Å²) in [5.41, 5.74) is 4.65. The number of nitrogens with one attached hydrogen (secondary N) is 2. The van der Waals surface area contributed by atoms with Gasteiger partial charge < -0.3 is 5.32 Å². The van der Waals surface area contributed by atoms with Gasteiger partial charge in [0.25, 0.3) is 5.91 Å². The lowest BCUT2D eigenvalue weighted by Gasteiger charge is -2.05. The summed E-state index contributed by atoms with van der Waals surface area (Å²) in [6.45, 7) is 3.90. The normalized spacial score (nSPS) is 11.4. The second-order valence-corrected chi connectivity index (χ2v) is 7.38. The molecule has 0 saturated carbocycles. The van der Waals surface area contributed by atoms with Gasteiger partial charge in [0.2, 0.25) is 6.20 Å². The highest BCUT2D eigenvalue weighted by Crippen LogP contribution is 2.29. The molecule has 132 valence electrons. The van der Waals surface area contributed by atoms with E-state index in [0.29, 0.717) is 4.88 Å². The van der Waals surface area contributed by atoms with Crippen LogP contribution in [-0.4, -0.2) is 31.6 Å². The van der Waals surface area contributed by atoms with E-state index in [2.05, 4.69) is 20.5 Å². The van der Waals surface area contributed by atoms with Crippen molar-refractivity contribution in [3.05, 3.63) is 47.3 Å². The van der Waals surface area contributed by atoms with Gasteiger partial charge in [-0.15, -0.1) is 16.0 Å². The van der Waals surface area contributed by atoms with Crippen LogP contribution in [0.1, 0.15) is 23.5 Å². The van der Waals surface area contributed by atoms with Crippen LogP contribution in [0.2, 0.25) is 0 Å². The van der Waals surface area contributed by atoms with Crippen molar-refractivity contribution >= 4 is 22.9 Å². The summed E-state index contributed by atoms with van der Waals surface area (Å²) in [6.07, 6.45) is 9.49. The quantitative estimate of drug-likeness (QED) is 0.544. The Bertz CT molecular complexity index is 1090. The van der Waals surface area contributed by atoms with E-state index in [-0.39, 0.29) is 11.9 Å². The van der Waals surface area contributed by atoms with Crippen molar-refractivity contribution in [2.45, 2.75) is 19.9 Å². The summed E-state index contributed by atoms with van der Waals surface area (Å²) >= 11 is 1.43. The van der Waals surface area contributed by atoms with Crippen LogP contribution in [0.5, 0.6) is 0 Å². The first-order chi connectivity index (χ1) is 12.5. The summed E-state index contributed by atoms with van der Waals surface area (Å²) in [4.78, 5) is 17.4. The van der Waals surface area contributed by atoms with Crippen molar-refractivity contribution in [3.63, 3.8) is 0 Å². The lowest BCUT2D eigenvalue weighted by Crippen LogP contribution is -2.29. The third kappa shape index (κ3) is 2.99. The third-order valence-electron chi connectivity index (χ3n) is 4.00. The summed E-state index contributed by atoms with van der Waals surface area (Å²) in [7, 11) is 1.94. The minimum absolute atomic E-state index is 0.0525. The van der Waals surface area contributed by atoms with E-state index in [1.165, 1.54) is 11.3 Å². The van der Waals surface area contributed by atoms with Crippen LogP contribution in [0.25, 0.3) is 27.9 Å². The van der Waals surface area contributed by atoms with Crippen LogP contribution in [0.3, 0.4) is 0 Å². The summed E-state index contributed by atoms with van der Waals surface area (Å²) < 4.78 is 3.65. The lowest BCUT2D eigenvalue weighted by atomic mass is 10.1. The molecule has 4 aromatic heterocycles. The first-order valence-electron chi connectivity index (χ1n) is 8.29. The predicted octanol–water partition coefficient (Wildman–Crippen LogP) is 2.42. The number of carbonyl (C=O) groups excluding carboxylic acids is 1. The molecule has 26 heavy (non-hydrogen) atoms. The van der Waals surface area contributed by atoms with Gasteiger partial charge in [-0.25, -0.2) is 9.50 Å². The molecule has 0 aliphatic carbocycles. The Balaban J connectivity index is 1.68. The largest absolute Gasteiger partial charge is 0.349 e. The Labute approximate surface area is 154 Å². The number of thiophene rings is 1. The molecule has 0 aromatic carbocycles. The van der Waals surface area contributed by atoms with Crippen molar-refractivity contribution in [2.75, 3.05) is 0 Å². The van der Waals surface area contributed by atoms with Crippen LogP contribution in [-0.2, 0) is 7.05 Å². The zero-order chi connectivity index (χ0) is 18.3. The summed E-state index contributed by atoms with van der Waals surface area (Å²) in [5, 5.41) is 12.4. The molecule has 0 unspecified atom stereocenters. The highest BCUT2D eigenvalue weighted by atomic mass is 32.1. The molecule has 1 amide bonds. The monoisotopic (exact) mass is 367 g/mol. The fourth-order valence-electron chi connectivity index (χ4n) is 2.77. The number of carbonyl (C=O) groups is 1. The molecule has 0 atom stereocenters. The van der Waals surface area contributed by atoms with Gasteiger partial charge in [-0.05, 0) is 30.9 Å². The van der Waals surface area contributed by atoms with Gasteiger partial charge in [0.05, 0.1) is 22.8 Å². The van der Waals surface area contributed by atoms with Gasteiger partial charge in [0.15, 0.2) is 12.7 Å². The van der Waals surface area contributed by atoms with Gasteiger partial charge >= 0.3 is 0 Å². The first kappa shape index (κ1) is 16.5. The molecule has 2 N–H and O–H groups in total. The third-order valence-corrected chi connectivity index (χ3v) is 4.93. The first-order valence-corrected chi connectivity index (χ1v) is 9.17. The van der Waals surface area contributed by atoms with Gasteiger partial charge in [0.1, 0.15) is 0 Å². The molecule has 4 heterocycles. The molecule has 0 fully saturated rings. The van der Waals surface area contributed by atoms with Crippen molar-refractivity contribution in [1.29, 1.82) is 0 Å². The highest BCUT2D eigenvalue weighted by molar-refractivity contribution is 7.12. The SMILES string of the molecule is CC(C)NC(=O)c1cc(-c2cnn3cc(-c4c[nH][n+](C)c4)cnc23)cs1. The predicted molar refractivity (Wildman–Crippen MR) is 99.9 cm³/mol. The second kappa shape index (κ2) is 6.38. The van der Waals surface area contributed by atoms with Crippen molar-refractivity contribution in [2.24, 2.45) is 7.05 Å². The summed E-state index contributed by atoms with van der Waals surface area (Å²) in [5.74, 6) is -0.0525. The Morgan fingerprint density at radius 1 is 1.31 bits per heavy atom. The number of aryl methyl sites for hydroxylation is 1. The number of aromatic amines is 1. The fourth-order valence-corrected chi connectivity index (χ4v) is 3.58. The van der Waals surface area contributed by atoms with Crippen LogP contribution >= 0.6 is 11.3 Å². The Morgan fingerprint density at radius 3 is 2.88 bits per heavy atom. The van der Waals surface area contributed by atoms with E-state index < -0.39 is 0 Å². The highest BCUT2D eigenvalue weighted by Gasteiger charge is 2.15. The summed E-state index contributed by atoms with van der Waals surface area (Å²) in [6, 6.07) is 2.00. The average Bonchev–Trinajstić information content (AvgIpc) is 3.32. The van der Waals surface area contributed by atoms with E-state index in [1.54, 1.807) is 10.7 Å². The molecule has 0 spiro atoms. The maximum absolute atomic E-state index is 12.2. The van der Waals surface area contributed by atoms with Gasteiger partial charge in [-0.1, -0.05) is 0 Å². The maximum Gasteiger partial charge on any atom is 0.261 e. The molecule has 0 radical (unpaired) electrons. The zero-order valence-electron chi connectivity index (χ0n) is 14.7. The molecule has 4 aromatic rings. The molecule has 0 aliphatic heterocycles. The van der Waals surface area contributed by atoms with Gasteiger partial charge in [0, 0.05) is 29.6 Å². The molecule has 0 aliphatic rings. The molecule has 7 nitrogen and oxygen atoms in total. The van der Waals surface area contributed by atoms with Crippen LogP contribution in [0.4, 0.5) is 0 Å². The molecular weight excluding hydrogens is 348 g/mol. The number of nitrogens with zero attached hydrogens (tertiary/aromatic N) is 4. The standard InChI is InChI=1S/C18H18N6OS/c1-11(2)22-18(25)16-4-12(10-26-16)15-7-21-24-9-13(5-19-17(15)24)14-6-20-23(3)8-14/h4-11H,1-3H3,(H,22,25)/p+1. The van der Waals surface area contributed by atoms with Crippen molar-refractivity contribution < 1.29 is 9.48 Å². The van der Waals surface area contributed by atoms with E-state index in [9.17, 15) is 4.79 Å². The topological polar surface area (TPSA) is 79.0 Å². The van der Waals surface area contributed by atoms with E-state index in [1.807, 2.05) is 61.8 Å². The number of hydrogen-bond acceptors (Lipinski definition) is 4. The molecule has 0 bridgehead atoms.